The number of hydrogen-bond acceptors (Lipinski definition) is 2. The van der Waals surface area contributed by atoms with E-state index in [-0.39, 0.29) is 12.5 Å². The quantitative estimate of drug-likeness (QED) is 0.869. The van der Waals surface area contributed by atoms with Gasteiger partial charge >= 0.3 is 0 Å². The number of carbonyl (C=O) groups excluding carboxylic acids is 1. The number of benzene rings is 2. The Morgan fingerprint density at radius 2 is 2.04 bits per heavy atom. The van der Waals surface area contributed by atoms with Gasteiger partial charge in [0, 0.05) is 22.7 Å². The lowest BCUT2D eigenvalue weighted by Gasteiger charge is -2.10. The van der Waals surface area contributed by atoms with E-state index in [0.717, 1.165) is 19.5 Å². The zero-order valence-corrected chi connectivity index (χ0v) is 14.1. The highest BCUT2D eigenvalue weighted by molar-refractivity contribution is 6.31. The zero-order chi connectivity index (χ0) is 16.9. The average molecular weight is 347 g/mol. The molecule has 24 heavy (non-hydrogen) atoms. The van der Waals surface area contributed by atoms with E-state index < -0.39 is 5.82 Å². The predicted molar refractivity (Wildman–Crippen MR) is 93.7 cm³/mol. The molecule has 0 radical (unpaired) electrons. The van der Waals surface area contributed by atoms with Crippen molar-refractivity contribution in [1.82, 2.24) is 10.6 Å². The molecule has 1 fully saturated rings. The minimum absolute atomic E-state index is 0.0693. The maximum absolute atomic E-state index is 13.7. The molecule has 5 heteroatoms. The van der Waals surface area contributed by atoms with Gasteiger partial charge in [-0.1, -0.05) is 29.8 Å². The van der Waals surface area contributed by atoms with Crippen LogP contribution < -0.4 is 10.6 Å². The molecule has 1 amide bonds. The highest BCUT2D eigenvalue weighted by Crippen LogP contribution is 2.19. The van der Waals surface area contributed by atoms with Crippen LogP contribution in [0.15, 0.2) is 42.5 Å². The molecule has 1 unspecified atom stereocenters. The van der Waals surface area contributed by atoms with Gasteiger partial charge in [-0.2, -0.15) is 0 Å². The molecule has 0 aliphatic carbocycles. The van der Waals surface area contributed by atoms with Crippen molar-refractivity contribution in [2.24, 2.45) is 5.92 Å². The fraction of sp³-hybridized carbons (Fsp3) is 0.316. The van der Waals surface area contributed by atoms with Crippen LogP contribution in [0.25, 0.3) is 0 Å². The van der Waals surface area contributed by atoms with E-state index in [1.54, 1.807) is 12.1 Å². The Kier molecular flexibility index (Phi) is 5.48. The normalized spacial score (nSPS) is 17.0. The maximum atomic E-state index is 13.7. The molecule has 3 rings (SSSR count). The first-order valence-corrected chi connectivity index (χ1v) is 8.52. The average Bonchev–Trinajstić information content (AvgIpc) is 3.08. The summed E-state index contributed by atoms with van der Waals surface area (Å²) in [6, 6.07) is 12.1. The summed E-state index contributed by atoms with van der Waals surface area (Å²) in [6.07, 6.45) is 2.23. The summed E-state index contributed by atoms with van der Waals surface area (Å²) in [6.45, 7) is 2.22. The Morgan fingerprint density at radius 3 is 2.71 bits per heavy atom. The molecule has 2 aromatic carbocycles. The Bertz CT molecular complexity index is 692. The van der Waals surface area contributed by atoms with Crippen molar-refractivity contribution in [3.63, 3.8) is 0 Å². The van der Waals surface area contributed by atoms with E-state index in [0.29, 0.717) is 22.1 Å². The van der Waals surface area contributed by atoms with Crippen LogP contribution in [0.3, 0.4) is 0 Å². The molecule has 0 bridgehead atoms. The molecule has 1 saturated heterocycles. The SMILES string of the molecule is O=C(NCc1c(F)cccc1Cl)c1ccc(CC2CCNC2)cc1. The Hall–Kier alpha value is -1.91. The van der Waals surface area contributed by atoms with Crippen LogP contribution in [0.4, 0.5) is 4.39 Å². The van der Waals surface area contributed by atoms with Gasteiger partial charge in [-0.15, -0.1) is 0 Å². The summed E-state index contributed by atoms with van der Waals surface area (Å²) >= 11 is 5.96. The maximum Gasteiger partial charge on any atom is 0.251 e. The number of halogens is 2. The summed E-state index contributed by atoms with van der Waals surface area (Å²) in [4.78, 5) is 12.2. The van der Waals surface area contributed by atoms with E-state index in [9.17, 15) is 9.18 Å². The van der Waals surface area contributed by atoms with Crippen LogP contribution in [0.5, 0.6) is 0 Å². The minimum Gasteiger partial charge on any atom is -0.348 e. The first-order chi connectivity index (χ1) is 11.6. The van der Waals surface area contributed by atoms with Crippen LogP contribution in [-0.2, 0) is 13.0 Å². The fourth-order valence-electron chi connectivity index (χ4n) is 2.99. The molecule has 1 heterocycles. The van der Waals surface area contributed by atoms with Gasteiger partial charge in [0.05, 0.1) is 0 Å². The van der Waals surface area contributed by atoms with Crippen molar-refractivity contribution in [3.05, 3.63) is 70.0 Å². The van der Waals surface area contributed by atoms with Gasteiger partial charge < -0.3 is 10.6 Å². The summed E-state index contributed by atoms with van der Waals surface area (Å²) in [5, 5.41) is 6.39. The summed E-state index contributed by atoms with van der Waals surface area (Å²) in [7, 11) is 0. The van der Waals surface area contributed by atoms with E-state index in [1.165, 1.54) is 18.1 Å². The molecule has 0 saturated carbocycles. The van der Waals surface area contributed by atoms with Crippen LogP contribution in [0.1, 0.15) is 27.9 Å². The van der Waals surface area contributed by atoms with Gasteiger partial charge in [-0.05, 0) is 61.7 Å². The molecular weight excluding hydrogens is 327 g/mol. The van der Waals surface area contributed by atoms with Gasteiger partial charge in [0.2, 0.25) is 0 Å². The molecule has 2 aromatic rings. The van der Waals surface area contributed by atoms with Crippen molar-refractivity contribution in [3.8, 4) is 0 Å². The molecule has 3 nitrogen and oxygen atoms in total. The van der Waals surface area contributed by atoms with E-state index >= 15 is 0 Å². The molecule has 1 aliphatic heterocycles. The number of rotatable bonds is 5. The van der Waals surface area contributed by atoms with E-state index in [1.807, 2.05) is 24.3 Å². The van der Waals surface area contributed by atoms with Crippen LogP contribution in [-0.4, -0.2) is 19.0 Å². The van der Waals surface area contributed by atoms with Crippen molar-refractivity contribution >= 4 is 17.5 Å². The Labute approximate surface area is 146 Å². The highest BCUT2D eigenvalue weighted by Gasteiger charge is 2.15. The summed E-state index contributed by atoms with van der Waals surface area (Å²) < 4.78 is 13.7. The third kappa shape index (κ3) is 4.13. The smallest absolute Gasteiger partial charge is 0.251 e. The van der Waals surface area contributed by atoms with E-state index in [2.05, 4.69) is 10.6 Å². The molecule has 0 spiro atoms. The minimum atomic E-state index is -0.414. The first-order valence-electron chi connectivity index (χ1n) is 8.14. The molecule has 2 N–H and O–H groups in total. The van der Waals surface area contributed by atoms with Crippen molar-refractivity contribution in [2.75, 3.05) is 13.1 Å². The number of nitrogens with one attached hydrogen (secondary N) is 2. The largest absolute Gasteiger partial charge is 0.348 e. The Morgan fingerprint density at radius 1 is 1.25 bits per heavy atom. The van der Waals surface area contributed by atoms with Crippen molar-refractivity contribution < 1.29 is 9.18 Å². The van der Waals surface area contributed by atoms with Gasteiger partial charge in [0.15, 0.2) is 0 Å². The molecule has 1 atom stereocenters. The lowest BCUT2D eigenvalue weighted by Crippen LogP contribution is -2.23. The second kappa shape index (κ2) is 7.77. The highest BCUT2D eigenvalue weighted by atomic mass is 35.5. The summed E-state index contributed by atoms with van der Waals surface area (Å²) in [5.41, 5.74) is 2.10. The first kappa shape index (κ1) is 16.9. The second-order valence-electron chi connectivity index (χ2n) is 6.14. The Balaban J connectivity index is 1.58. The second-order valence-corrected chi connectivity index (χ2v) is 6.55. The van der Waals surface area contributed by atoms with Crippen LogP contribution in [0, 0.1) is 11.7 Å². The molecule has 126 valence electrons. The third-order valence-corrected chi connectivity index (χ3v) is 4.74. The zero-order valence-electron chi connectivity index (χ0n) is 13.3. The number of hydrogen-bond donors (Lipinski definition) is 2. The van der Waals surface area contributed by atoms with Crippen LogP contribution in [0.2, 0.25) is 5.02 Å². The molecular formula is C19H20ClFN2O. The lowest BCUT2D eigenvalue weighted by molar-refractivity contribution is 0.0950. The van der Waals surface area contributed by atoms with Crippen LogP contribution >= 0.6 is 11.6 Å². The van der Waals surface area contributed by atoms with E-state index in [4.69, 9.17) is 11.6 Å². The number of amides is 1. The lowest BCUT2D eigenvalue weighted by atomic mass is 9.98. The third-order valence-electron chi connectivity index (χ3n) is 4.39. The monoisotopic (exact) mass is 346 g/mol. The predicted octanol–water partition coefficient (Wildman–Crippen LogP) is 3.56. The molecule has 1 aliphatic rings. The van der Waals surface area contributed by atoms with Crippen molar-refractivity contribution in [2.45, 2.75) is 19.4 Å². The molecule has 0 aromatic heterocycles. The van der Waals surface area contributed by atoms with Gasteiger partial charge in [0.1, 0.15) is 5.82 Å². The number of carbonyl (C=O) groups is 1. The standard InChI is InChI=1S/C19H20ClFN2O/c20-17-2-1-3-18(21)16(17)12-23-19(24)15-6-4-13(5-7-15)10-14-8-9-22-11-14/h1-7,14,22H,8-12H2,(H,23,24). The topological polar surface area (TPSA) is 41.1 Å². The van der Waals surface area contributed by atoms with Gasteiger partial charge in [0.25, 0.3) is 5.91 Å². The van der Waals surface area contributed by atoms with Crippen molar-refractivity contribution in [1.29, 1.82) is 0 Å². The summed E-state index contributed by atoms with van der Waals surface area (Å²) in [5.74, 6) is 0.0274. The van der Waals surface area contributed by atoms with Gasteiger partial charge in [-0.25, -0.2) is 4.39 Å². The van der Waals surface area contributed by atoms with Gasteiger partial charge in [-0.3, -0.25) is 4.79 Å². The fourth-order valence-corrected chi connectivity index (χ4v) is 3.22.